The first-order chi connectivity index (χ1) is 7.88. The standard InChI is InChI=1S/C13H20N2O/c1-16-13-6-3-11(4-7-13)2-5-12-10-14-8-9-15-12/h3-4,6-7,12,14-15H,2,5,8-10H2,1H3/t12-/m0/s1. The molecule has 3 nitrogen and oxygen atoms in total. The molecule has 2 N–H and O–H groups in total. The van der Waals surface area contributed by atoms with E-state index >= 15 is 0 Å². The quantitative estimate of drug-likeness (QED) is 0.799. The van der Waals surface area contributed by atoms with Gasteiger partial charge in [-0.25, -0.2) is 0 Å². The van der Waals surface area contributed by atoms with Crippen molar-refractivity contribution >= 4 is 0 Å². The summed E-state index contributed by atoms with van der Waals surface area (Å²) in [4.78, 5) is 0. The van der Waals surface area contributed by atoms with Crippen molar-refractivity contribution in [3.8, 4) is 5.75 Å². The normalized spacial score (nSPS) is 20.7. The number of aryl methyl sites for hydroxylation is 1. The van der Waals surface area contributed by atoms with E-state index in [9.17, 15) is 0 Å². The van der Waals surface area contributed by atoms with Gasteiger partial charge in [0.15, 0.2) is 0 Å². The first kappa shape index (κ1) is 11.4. The Labute approximate surface area is 97.2 Å². The predicted molar refractivity (Wildman–Crippen MR) is 66.0 cm³/mol. The molecule has 16 heavy (non-hydrogen) atoms. The van der Waals surface area contributed by atoms with Gasteiger partial charge in [-0.1, -0.05) is 12.1 Å². The fourth-order valence-corrected chi connectivity index (χ4v) is 2.05. The molecule has 0 saturated carbocycles. The highest BCUT2D eigenvalue weighted by atomic mass is 16.5. The van der Waals surface area contributed by atoms with Crippen molar-refractivity contribution < 1.29 is 4.74 Å². The lowest BCUT2D eigenvalue weighted by Gasteiger charge is -2.24. The van der Waals surface area contributed by atoms with Gasteiger partial charge in [-0.15, -0.1) is 0 Å². The van der Waals surface area contributed by atoms with Crippen molar-refractivity contribution in [3.63, 3.8) is 0 Å². The van der Waals surface area contributed by atoms with E-state index in [0.717, 1.165) is 31.8 Å². The van der Waals surface area contributed by atoms with E-state index in [1.165, 1.54) is 12.0 Å². The number of hydrogen-bond donors (Lipinski definition) is 2. The Morgan fingerprint density at radius 2 is 2.06 bits per heavy atom. The Kier molecular flexibility index (Phi) is 4.19. The van der Waals surface area contributed by atoms with Crippen LogP contribution >= 0.6 is 0 Å². The van der Waals surface area contributed by atoms with E-state index in [0.29, 0.717) is 6.04 Å². The molecule has 1 aromatic rings. The van der Waals surface area contributed by atoms with E-state index < -0.39 is 0 Å². The summed E-state index contributed by atoms with van der Waals surface area (Å²) in [5.41, 5.74) is 1.38. The zero-order chi connectivity index (χ0) is 11.2. The molecule has 1 aliphatic rings. The van der Waals surface area contributed by atoms with Crippen molar-refractivity contribution in [1.29, 1.82) is 0 Å². The Bertz CT molecular complexity index is 304. The molecule has 3 heteroatoms. The number of methoxy groups -OCH3 is 1. The summed E-state index contributed by atoms with van der Waals surface area (Å²) in [6, 6.07) is 8.98. The van der Waals surface area contributed by atoms with Crippen LogP contribution in [-0.4, -0.2) is 32.8 Å². The third kappa shape index (κ3) is 3.22. The van der Waals surface area contributed by atoms with Crippen LogP contribution in [0.5, 0.6) is 5.75 Å². The van der Waals surface area contributed by atoms with Crippen LogP contribution in [0.3, 0.4) is 0 Å². The van der Waals surface area contributed by atoms with Gasteiger partial charge < -0.3 is 15.4 Å². The first-order valence-corrected chi connectivity index (χ1v) is 5.95. The predicted octanol–water partition coefficient (Wildman–Crippen LogP) is 1.19. The monoisotopic (exact) mass is 220 g/mol. The highest BCUT2D eigenvalue weighted by Gasteiger charge is 2.11. The molecule has 0 aliphatic carbocycles. The second-order valence-corrected chi connectivity index (χ2v) is 4.24. The fraction of sp³-hybridized carbons (Fsp3) is 0.538. The van der Waals surface area contributed by atoms with Crippen LogP contribution in [0.4, 0.5) is 0 Å². The molecule has 1 aromatic carbocycles. The molecule has 1 saturated heterocycles. The van der Waals surface area contributed by atoms with Crippen LogP contribution in [0.1, 0.15) is 12.0 Å². The Balaban J connectivity index is 1.79. The topological polar surface area (TPSA) is 33.3 Å². The largest absolute Gasteiger partial charge is 0.497 e. The number of hydrogen-bond acceptors (Lipinski definition) is 3. The van der Waals surface area contributed by atoms with Crippen LogP contribution in [0.25, 0.3) is 0 Å². The molecule has 1 fully saturated rings. The lowest BCUT2D eigenvalue weighted by atomic mass is 10.0. The van der Waals surface area contributed by atoms with Gasteiger partial charge in [0.05, 0.1) is 7.11 Å². The van der Waals surface area contributed by atoms with Crippen LogP contribution in [-0.2, 0) is 6.42 Å². The highest BCUT2D eigenvalue weighted by Crippen LogP contribution is 2.13. The molecule has 1 aliphatic heterocycles. The van der Waals surface area contributed by atoms with E-state index in [2.05, 4.69) is 22.8 Å². The smallest absolute Gasteiger partial charge is 0.118 e. The number of benzene rings is 1. The molecule has 1 heterocycles. The molecule has 0 amide bonds. The maximum absolute atomic E-state index is 5.14. The summed E-state index contributed by atoms with van der Waals surface area (Å²) in [5, 5.41) is 6.93. The van der Waals surface area contributed by atoms with Crippen molar-refractivity contribution in [2.75, 3.05) is 26.7 Å². The fourth-order valence-electron chi connectivity index (χ4n) is 2.05. The Morgan fingerprint density at radius 3 is 2.69 bits per heavy atom. The zero-order valence-corrected chi connectivity index (χ0v) is 9.83. The van der Waals surface area contributed by atoms with Gasteiger partial charge in [0.2, 0.25) is 0 Å². The van der Waals surface area contributed by atoms with E-state index in [4.69, 9.17) is 4.74 Å². The van der Waals surface area contributed by atoms with Gasteiger partial charge >= 0.3 is 0 Å². The molecule has 2 rings (SSSR count). The van der Waals surface area contributed by atoms with Crippen molar-refractivity contribution in [1.82, 2.24) is 10.6 Å². The van der Waals surface area contributed by atoms with Crippen LogP contribution < -0.4 is 15.4 Å². The molecular formula is C13H20N2O. The molecule has 1 atom stereocenters. The van der Waals surface area contributed by atoms with Gasteiger partial charge in [-0.05, 0) is 30.5 Å². The maximum Gasteiger partial charge on any atom is 0.118 e. The van der Waals surface area contributed by atoms with Crippen molar-refractivity contribution in [3.05, 3.63) is 29.8 Å². The second kappa shape index (κ2) is 5.87. The van der Waals surface area contributed by atoms with Gasteiger partial charge in [-0.3, -0.25) is 0 Å². The molecule has 0 aromatic heterocycles. The van der Waals surface area contributed by atoms with Gasteiger partial charge in [0.25, 0.3) is 0 Å². The van der Waals surface area contributed by atoms with Crippen molar-refractivity contribution in [2.24, 2.45) is 0 Å². The number of nitrogens with one attached hydrogen (secondary N) is 2. The zero-order valence-electron chi connectivity index (χ0n) is 9.83. The molecule has 0 bridgehead atoms. The first-order valence-electron chi connectivity index (χ1n) is 5.95. The molecule has 0 unspecified atom stereocenters. The van der Waals surface area contributed by atoms with E-state index in [1.54, 1.807) is 7.11 Å². The van der Waals surface area contributed by atoms with E-state index in [1.807, 2.05) is 12.1 Å². The average molecular weight is 220 g/mol. The lowest BCUT2D eigenvalue weighted by Crippen LogP contribution is -2.48. The minimum atomic E-state index is 0.621. The minimum Gasteiger partial charge on any atom is -0.497 e. The van der Waals surface area contributed by atoms with Crippen LogP contribution in [0.15, 0.2) is 24.3 Å². The average Bonchev–Trinajstić information content (AvgIpc) is 2.38. The van der Waals surface area contributed by atoms with E-state index in [-0.39, 0.29) is 0 Å². The molecule has 0 radical (unpaired) electrons. The number of piperazine rings is 1. The molecular weight excluding hydrogens is 200 g/mol. The van der Waals surface area contributed by atoms with Gasteiger partial charge in [0, 0.05) is 25.7 Å². The Hall–Kier alpha value is -1.06. The maximum atomic E-state index is 5.14. The summed E-state index contributed by atoms with van der Waals surface area (Å²) in [5.74, 6) is 0.932. The second-order valence-electron chi connectivity index (χ2n) is 4.24. The Morgan fingerprint density at radius 1 is 1.25 bits per heavy atom. The van der Waals surface area contributed by atoms with Gasteiger partial charge in [-0.2, -0.15) is 0 Å². The third-order valence-electron chi connectivity index (χ3n) is 3.07. The summed E-state index contributed by atoms with van der Waals surface area (Å²) in [6.45, 7) is 3.28. The lowest BCUT2D eigenvalue weighted by molar-refractivity contribution is 0.399. The van der Waals surface area contributed by atoms with Gasteiger partial charge in [0.1, 0.15) is 5.75 Å². The summed E-state index contributed by atoms with van der Waals surface area (Å²) in [7, 11) is 1.70. The van der Waals surface area contributed by atoms with Crippen molar-refractivity contribution in [2.45, 2.75) is 18.9 Å². The highest BCUT2D eigenvalue weighted by molar-refractivity contribution is 5.27. The SMILES string of the molecule is COc1ccc(CC[C@H]2CNCCN2)cc1. The van der Waals surface area contributed by atoms with Crippen LogP contribution in [0, 0.1) is 0 Å². The molecule has 0 spiro atoms. The number of ether oxygens (including phenoxy) is 1. The summed E-state index contributed by atoms with van der Waals surface area (Å²) in [6.07, 6.45) is 2.32. The molecule has 88 valence electrons. The minimum absolute atomic E-state index is 0.621. The van der Waals surface area contributed by atoms with Crippen LogP contribution in [0.2, 0.25) is 0 Å². The summed E-state index contributed by atoms with van der Waals surface area (Å²) >= 11 is 0. The number of rotatable bonds is 4. The summed E-state index contributed by atoms with van der Waals surface area (Å²) < 4.78 is 5.14. The third-order valence-corrected chi connectivity index (χ3v) is 3.07.